The lowest BCUT2D eigenvalue weighted by molar-refractivity contribution is 0.293. The number of hydrogen-bond donors (Lipinski definition) is 2. The molecule has 1 aliphatic rings. The van der Waals surface area contributed by atoms with Crippen LogP contribution in [-0.4, -0.2) is 6.54 Å². The molecule has 0 saturated heterocycles. The van der Waals surface area contributed by atoms with Crippen LogP contribution in [0, 0.1) is 18.8 Å². The number of rotatable bonds is 3. The number of anilines is 2. The Labute approximate surface area is 105 Å². The second kappa shape index (κ2) is 5.44. The molecular formula is C15H24N2. The van der Waals surface area contributed by atoms with Gasteiger partial charge in [0.1, 0.15) is 0 Å². The van der Waals surface area contributed by atoms with Crippen LogP contribution in [0.15, 0.2) is 18.2 Å². The molecule has 94 valence electrons. The van der Waals surface area contributed by atoms with E-state index >= 15 is 0 Å². The standard InChI is InChI=1S/C15H24N2/c1-11-4-3-5-13(8-11)10-17-15-7-6-14(16)9-12(15)2/h6-7,9,11,13,17H,3-5,8,10,16H2,1-2H3. The fraction of sp³-hybridized carbons (Fsp3) is 0.600. The van der Waals surface area contributed by atoms with Crippen molar-refractivity contribution in [3.8, 4) is 0 Å². The van der Waals surface area contributed by atoms with E-state index < -0.39 is 0 Å². The first-order chi connectivity index (χ1) is 8.15. The smallest absolute Gasteiger partial charge is 0.0371 e. The Hall–Kier alpha value is -1.18. The Bertz CT molecular complexity index is 373. The molecule has 0 aliphatic heterocycles. The van der Waals surface area contributed by atoms with Crippen molar-refractivity contribution in [3.05, 3.63) is 23.8 Å². The molecule has 1 aromatic rings. The van der Waals surface area contributed by atoms with E-state index in [1.54, 1.807) is 0 Å². The predicted octanol–water partition coefficient (Wildman–Crippen LogP) is 3.82. The van der Waals surface area contributed by atoms with Gasteiger partial charge < -0.3 is 11.1 Å². The van der Waals surface area contributed by atoms with Crippen LogP contribution < -0.4 is 11.1 Å². The first-order valence-electron chi connectivity index (χ1n) is 6.75. The fourth-order valence-electron chi connectivity index (χ4n) is 2.88. The van der Waals surface area contributed by atoms with Gasteiger partial charge in [-0.05, 0) is 55.4 Å². The average molecular weight is 232 g/mol. The van der Waals surface area contributed by atoms with Gasteiger partial charge in [0, 0.05) is 17.9 Å². The number of nitrogen functional groups attached to an aromatic ring is 1. The van der Waals surface area contributed by atoms with Crippen LogP contribution in [0.5, 0.6) is 0 Å². The molecule has 0 bridgehead atoms. The molecule has 1 aromatic carbocycles. The van der Waals surface area contributed by atoms with Crippen molar-refractivity contribution in [1.29, 1.82) is 0 Å². The molecule has 0 amide bonds. The minimum absolute atomic E-state index is 0.843. The number of benzene rings is 1. The number of nitrogens with two attached hydrogens (primary N) is 1. The third kappa shape index (κ3) is 3.39. The number of hydrogen-bond acceptors (Lipinski definition) is 2. The number of aryl methyl sites for hydroxylation is 1. The highest BCUT2D eigenvalue weighted by atomic mass is 14.9. The molecule has 0 spiro atoms. The lowest BCUT2D eigenvalue weighted by atomic mass is 9.82. The Morgan fingerprint density at radius 3 is 2.88 bits per heavy atom. The molecule has 2 unspecified atom stereocenters. The van der Waals surface area contributed by atoms with Crippen LogP contribution >= 0.6 is 0 Å². The van der Waals surface area contributed by atoms with Gasteiger partial charge in [-0.15, -0.1) is 0 Å². The van der Waals surface area contributed by atoms with Gasteiger partial charge >= 0.3 is 0 Å². The van der Waals surface area contributed by atoms with Crippen LogP contribution in [0.2, 0.25) is 0 Å². The highest BCUT2D eigenvalue weighted by molar-refractivity contribution is 5.57. The summed E-state index contributed by atoms with van der Waals surface area (Å²) < 4.78 is 0. The van der Waals surface area contributed by atoms with Gasteiger partial charge in [0.05, 0.1) is 0 Å². The summed E-state index contributed by atoms with van der Waals surface area (Å²) in [5.74, 6) is 1.75. The lowest BCUT2D eigenvalue weighted by Gasteiger charge is -2.27. The topological polar surface area (TPSA) is 38.0 Å². The molecule has 17 heavy (non-hydrogen) atoms. The summed E-state index contributed by atoms with van der Waals surface area (Å²) in [7, 11) is 0. The molecule has 2 atom stereocenters. The van der Waals surface area contributed by atoms with Crippen LogP contribution in [0.4, 0.5) is 11.4 Å². The zero-order valence-electron chi connectivity index (χ0n) is 11.0. The fourth-order valence-corrected chi connectivity index (χ4v) is 2.88. The van der Waals surface area contributed by atoms with Crippen LogP contribution in [0.1, 0.15) is 38.2 Å². The van der Waals surface area contributed by atoms with Gasteiger partial charge in [-0.3, -0.25) is 0 Å². The molecule has 1 fully saturated rings. The van der Waals surface area contributed by atoms with Crippen molar-refractivity contribution in [1.82, 2.24) is 0 Å². The second-order valence-corrected chi connectivity index (χ2v) is 5.59. The lowest BCUT2D eigenvalue weighted by Crippen LogP contribution is -2.21. The highest BCUT2D eigenvalue weighted by Crippen LogP contribution is 2.29. The molecule has 0 aromatic heterocycles. The molecule has 0 radical (unpaired) electrons. The van der Waals surface area contributed by atoms with Crippen LogP contribution in [0.25, 0.3) is 0 Å². The first kappa shape index (κ1) is 12.3. The molecule has 1 aliphatic carbocycles. The molecule has 2 nitrogen and oxygen atoms in total. The summed E-state index contributed by atoms with van der Waals surface area (Å²) in [5.41, 5.74) is 9.08. The van der Waals surface area contributed by atoms with Gasteiger partial charge in [-0.1, -0.05) is 19.8 Å². The van der Waals surface area contributed by atoms with Gasteiger partial charge in [0.25, 0.3) is 0 Å². The van der Waals surface area contributed by atoms with Crippen LogP contribution in [-0.2, 0) is 0 Å². The minimum Gasteiger partial charge on any atom is -0.399 e. The van der Waals surface area contributed by atoms with Gasteiger partial charge in [0.2, 0.25) is 0 Å². The van der Waals surface area contributed by atoms with E-state index in [2.05, 4.69) is 25.2 Å². The van der Waals surface area contributed by atoms with E-state index in [4.69, 9.17) is 5.73 Å². The maximum atomic E-state index is 5.76. The SMILES string of the molecule is Cc1cc(N)ccc1NCC1CCCC(C)C1. The first-order valence-corrected chi connectivity index (χ1v) is 6.75. The summed E-state index contributed by atoms with van der Waals surface area (Å²) >= 11 is 0. The molecule has 2 rings (SSSR count). The molecule has 1 saturated carbocycles. The summed E-state index contributed by atoms with van der Waals surface area (Å²) in [6, 6.07) is 6.10. The maximum absolute atomic E-state index is 5.76. The molecule has 2 heteroatoms. The summed E-state index contributed by atoms with van der Waals surface area (Å²) in [6.45, 7) is 5.60. The zero-order chi connectivity index (χ0) is 12.3. The Morgan fingerprint density at radius 2 is 2.18 bits per heavy atom. The van der Waals surface area contributed by atoms with E-state index in [9.17, 15) is 0 Å². The number of nitrogens with one attached hydrogen (secondary N) is 1. The van der Waals surface area contributed by atoms with Gasteiger partial charge in [-0.25, -0.2) is 0 Å². The van der Waals surface area contributed by atoms with Crippen molar-refractivity contribution in [2.45, 2.75) is 39.5 Å². The summed E-state index contributed by atoms with van der Waals surface area (Å²) in [6.07, 6.45) is 5.57. The zero-order valence-corrected chi connectivity index (χ0v) is 11.0. The molecule has 3 N–H and O–H groups in total. The third-order valence-corrected chi connectivity index (χ3v) is 3.88. The maximum Gasteiger partial charge on any atom is 0.0371 e. The van der Waals surface area contributed by atoms with Gasteiger partial charge in [-0.2, -0.15) is 0 Å². The predicted molar refractivity (Wildman–Crippen MR) is 75.2 cm³/mol. The van der Waals surface area contributed by atoms with E-state index in [1.807, 2.05) is 12.1 Å². The quantitative estimate of drug-likeness (QED) is 0.778. The van der Waals surface area contributed by atoms with E-state index in [0.717, 1.165) is 24.1 Å². The van der Waals surface area contributed by atoms with Crippen molar-refractivity contribution in [3.63, 3.8) is 0 Å². The van der Waals surface area contributed by atoms with E-state index in [-0.39, 0.29) is 0 Å². The second-order valence-electron chi connectivity index (χ2n) is 5.59. The van der Waals surface area contributed by atoms with Crippen molar-refractivity contribution in [2.75, 3.05) is 17.6 Å². The summed E-state index contributed by atoms with van der Waals surface area (Å²) in [4.78, 5) is 0. The monoisotopic (exact) mass is 232 g/mol. The van der Waals surface area contributed by atoms with Crippen molar-refractivity contribution >= 4 is 11.4 Å². The Kier molecular flexibility index (Phi) is 3.93. The van der Waals surface area contributed by atoms with Crippen LogP contribution in [0.3, 0.4) is 0 Å². The average Bonchev–Trinajstić information content (AvgIpc) is 2.28. The highest BCUT2D eigenvalue weighted by Gasteiger charge is 2.18. The Balaban J connectivity index is 1.88. The molecule has 0 heterocycles. The third-order valence-electron chi connectivity index (χ3n) is 3.88. The largest absolute Gasteiger partial charge is 0.399 e. The van der Waals surface area contributed by atoms with Crippen molar-refractivity contribution < 1.29 is 0 Å². The van der Waals surface area contributed by atoms with Crippen molar-refractivity contribution in [2.24, 2.45) is 11.8 Å². The minimum atomic E-state index is 0.843. The molecular weight excluding hydrogens is 208 g/mol. The van der Waals surface area contributed by atoms with E-state index in [0.29, 0.717) is 0 Å². The van der Waals surface area contributed by atoms with Gasteiger partial charge in [0.15, 0.2) is 0 Å². The van der Waals surface area contributed by atoms with E-state index in [1.165, 1.54) is 36.9 Å². The Morgan fingerprint density at radius 1 is 1.35 bits per heavy atom. The normalized spacial score (nSPS) is 24.6. The summed E-state index contributed by atoms with van der Waals surface area (Å²) in [5, 5.41) is 3.57.